The third kappa shape index (κ3) is 2.15. The summed E-state index contributed by atoms with van der Waals surface area (Å²) in [7, 11) is -4.30. The molecule has 1 atom stereocenters. The van der Waals surface area contributed by atoms with Gasteiger partial charge < -0.3 is 5.11 Å². The summed E-state index contributed by atoms with van der Waals surface area (Å²) in [5.74, 6) is 0.270. The summed E-state index contributed by atoms with van der Waals surface area (Å²) >= 11 is 0. The zero-order valence-corrected chi connectivity index (χ0v) is 7.13. The van der Waals surface area contributed by atoms with E-state index in [0.717, 1.165) is 19.8 Å². The van der Waals surface area contributed by atoms with Crippen LogP contribution in [0, 0.1) is 5.92 Å². The van der Waals surface area contributed by atoms with Crippen molar-refractivity contribution in [3.05, 3.63) is 0 Å². The average Bonchev–Trinajstić information content (AvgIpc) is 2.45. The lowest BCUT2D eigenvalue weighted by Crippen LogP contribution is -2.35. The van der Waals surface area contributed by atoms with Crippen LogP contribution in [-0.4, -0.2) is 23.0 Å². The monoisotopic (exact) mass is 180 g/mol. The molecule has 5 heteroatoms. The maximum atomic E-state index is 10.5. The maximum absolute atomic E-state index is 10.5. The Balaban J connectivity index is 2.64. The highest BCUT2D eigenvalue weighted by Gasteiger charge is 2.40. The Morgan fingerprint density at radius 1 is 1.55 bits per heavy atom. The van der Waals surface area contributed by atoms with Gasteiger partial charge in [0.2, 0.25) is 0 Å². The van der Waals surface area contributed by atoms with E-state index in [0.29, 0.717) is 0 Å². The fourth-order valence-corrected chi connectivity index (χ4v) is 1.41. The minimum absolute atomic E-state index is 0.145. The molecule has 0 aromatic carbocycles. The van der Waals surface area contributed by atoms with Crippen LogP contribution in [0.3, 0.4) is 0 Å². The highest BCUT2D eigenvalue weighted by molar-refractivity contribution is 7.87. The molecule has 1 aliphatic rings. The summed E-state index contributed by atoms with van der Waals surface area (Å²) in [5, 5.41) is 9.22. The van der Waals surface area contributed by atoms with Crippen molar-refractivity contribution in [3.63, 3.8) is 0 Å². The highest BCUT2D eigenvalue weighted by Crippen LogP contribution is 2.38. The predicted molar refractivity (Wildman–Crippen MR) is 39.5 cm³/mol. The molecule has 1 aliphatic carbocycles. The molecule has 1 rings (SSSR count). The van der Waals surface area contributed by atoms with E-state index in [2.05, 4.69) is 0 Å². The quantitative estimate of drug-likeness (QED) is 0.616. The molecule has 4 nitrogen and oxygen atoms in total. The smallest absolute Gasteiger partial charge is 0.294 e. The minimum atomic E-state index is -4.30. The van der Waals surface area contributed by atoms with Crippen LogP contribution in [0.15, 0.2) is 0 Å². The molecule has 1 unspecified atom stereocenters. The lowest BCUT2D eigenvalue weighted by Gasteiger charge is -2.18. The van der Waals surface area contributed by atoms with Crippen molar-refractivity contribution in [3.8, 4) is 0 Å². The van der Waals surface area contributed by atoms with Crippen LogP contribution in [0.5, 0.6) is 0 Å². The lowest BCUT2D eigenvalue weighted by molar-refractivity contribution is 0.116. The van der Waals surface area contributed by atoms with Gasteiger partial charge in [-0.3, -0.25) is 4.55 Å². The molecule has 0 aromatic rings. The molecular formula is C6H12O4S. The normalized spacial score (nSPS) is 24.6. The Bertz CT molecular complexity index is 237. The number of rotatable bonds is 3. The van der Waals surface area contributed by atoms with Gasteiger partial charge in [-0.2, -0.15) is 8.42 Å². The van der Waals surface area contributed by atoms with Crippen LogP contribution in [0.2, 0.25) is 0 Å². The number of hydrogen-bond acceptors (Lipinski definition) is 3. The summed E-state index contributed by atoms with van der Waals surface area (Å²) < 4.78 is 29.6. The summed E-state index contributed by atoms with van der Waals surface area (Å²) in [6.45, 7) is 1.13. The first-order chi connectivity index (χ1) is 4.83. The fraction of sp³-hybridized carbons (Fsp3) is 1.00. The second kappa shape index (κ2) is 2.43. The topological polar surface area (TPSA) is 74.6 Å². The van der Waals surface area contributed by atoms with Crippen LogP contribution in [0.1, 0.15) is 26.2 Å². The van der Waals surface area contributed by atoms with Gasteiger partial charge in [-0.1, -0.05) is 12.8 Å². The third-order valence-corrected chi connectivity index (χ3v) is 3.20. The maximum Gasteiger partial charge on any atom is 0.294 e. The molecule has 66 valence electrons. The van der Waals surface area contributed by atoms with Crippen molar-refractivity contribution in [2.75, 3.05) is 0 Å². The van der Waals surface area contributed by atoms with Crippen LogP contribution in [0.25, 0.3) is 0 Å². The van der Waals surface area contributed by atoms with Crippen LogP contribution >= 0.6 is 0 Å². The Hall–Kier alpha value is -0.130. The molecule has 0 heterocycles. The molecule has 0 radical (unpaired) electrons. The molecule has 1 fully saturated rings. The summed E-state index contributed by atoms with van der Waals surface area (Å²) in [4.78, 5) is -1.95. The van der Waals surface area contributed by atoms with Crippen molar-refractivity contribution in [2.24, 2.45) is 5.92 Å². The Morgan fingerprint density at radius 3 is 2.27 bits per heavy atom. The molecule has 0 saturated heterocycles. The van der Waals surface area contributed by atoms with E-state index < -0.39 is 15.1 Å². The average molecular weight is 180 g/mol. The second-order valence-electron chi connectivity index (χ2n) is 3.30. The lowest BCUT2D eigenvalue weighted by atomic mass is 10.2. The van der Waals surface area contributed by atoms with Crippen molar-refractivity contribution in [1.82, 2.24) is 0 Å². The summed E-state index contributed by atoms with van der Waals surface area (Å²) in [6.07, 6.45) is 2.04. The zero-order chi connectivity index (χ0) is 8.70. The largest absolute Gasteiger partial charge is 0.373 e. The fourth-order valence-electron chi connectivity index (χ4n) is 0.963. The molecular weight excluding hydrogens is 168 g/mol. The SMILES string of the molecule is CC(O)(CC1CC1)S(=O)(=O)O. The summed E-state index contributed by atoms with van der Waals surface area (Å²) in [6, 6.07) is 0. The van der Waals surface area contributed by atoms with Gasteiger partial charge in [0.15, 0.2) is 4.93 Å². The molecule has 2 N–H and O–H groups in total. The van der Waals surface area contributed by atoms with Gasteiger partial charge in [-0.25, -0.2) is 0 Å². The number of aliphatic hydroxyl groups is 1. The van der Waals surface area contributed by atoms with Gasteiger partial charge in [-0.05, 0) is 19.3 Å². The highest BCUT2D eigenvalue weighted by atomic mass is 32.2. The van der Waals surface area contributed by atoms with Crippen molar-refractivity contribution in [1.29, 1.82) is 0 Å². The molecule has 0 bridgehead atoms. The Morgan fingerprint density at radius 2 is 2.00 bits per heavy atom. The Labute approximate surface area is 66.0 Å². The van der Waals surface area contributed by atoms with E-state index in [9.17, 15) is 13.5 Å². The van der Waals surface area contributed by atoms with Gasteiger partial charge in [0, 0.05) is 0 Å². The molecule has 1 saturated carbocycles. The standard InChI is InChI=1S/C6H12O4S/c1-6(7,11(8,9)10)4-5-2-3-5/h5,7H,2-4H2,1H3,(H,8,9,10). The molecule has 11 heavy (non-hydrogen) atoms. The van der Waals surface area contributed by atoms with Crippen LogP contribution in [-0.2, 0) is 10.1 Å². The molecule has 0 aromatic heterocycles. The van der Waals surface area contributed by atoms with Gasteiger partial charge in [0.1, 0.15) is 0 Å². The van der Waals surface area contributed by atoms with Crippen molar-refractivity contribution >= 4 is 10.1 Å². The molecule has 0 aliphatic heterocycles. The van der Waals surface area contributed by atoms with Gasteiger partial charge in [0.05, 0.1) is 0 Å². The Kier molecular flexibility index (Phi) is 1.98. The minimum Gasteiger partial charge on any atom is -0.373 e. The van der Waals surface area contributed by atoms with E-state index in [1.54, 1.807) is 0 Å². The van der Waals surface area contributed by atoms with E-state index in [4.69, 9.17) is 4.55 Å². The van der Waals surface area contributed by atoms with Crippen molar-refractivity contribution in [2.45, 2.75) is 31.1 Å². The van der Waals surface area contributed by atoms with E-state index >= 15 is 0 Å². The zero-order valence-electron chi connectivity index (χ0n) is 6.32. The molecule has 0 amide bonds. The van der Waals surface area contributed by atoms with E-state index in [-0.39, 0.29) is 12.3 Å². The second-order valence-corrected chi connectivity index (χ2v) is 5.13. The van der Waals surface area contributed by atoms with Gasteiger partial charge >= 0.3 is 0 Å². The first-order valence-electron chi connectivity index (χ1n) is 3.52. The first kappa shape index (κ1) is 8.96. The van der Waals surface area contributed by atoms with Gasteiger partial charge in [0.25, 0.3) is 10.1 Å². The van der Waals surface area contributed by atoms with Crippen molar-refractivity contribution < 1.29 is 18.1 Å². The summed E-state index contributed by atoms with van der Waals surface area (Å²) in [5.41, 5.74) is 0. The first-order valence-corrected chi connectivity index (χ1v) is 4.96. The predicted octanol–water partition coefficient (Wildman–Crippen LogP) is 0.383. The van der Waals surface area contributed by atoms with E-state index in [1.807, 2.05) is 0 Å². The van der Waals surface area contributed by atoms with Crippen LogP contribution < -0.4 is 0 Å². The van der Waals surface area contributed by atoms with E-state index in [1.165, 1.54) is 0 Å². The number of hydrogen-bond donors (Lipinski definition) is 2. The van der Waals surface area contributed by atoms with Crippen LogP contribution in [0.4, 0.5) is 0 Å². The third-order valence-electron chi connectivity index (χ3n) is 1.92. The molecule has 0 spiro atoms. The van der Waals surface area contributed by atoms with Gasteiger partial charge in [-0.15, -0.1) is 0 Å².